The summed E-state index contributed by atoms with van der Waals surface area (Å²) >= 11 is 0. The Balaban J connectivity index is 4.51. The molecule has 0 aromatic heterocycles. The van der Waals surface area contributed by atoms with E-state index in [0.717, 1.165) is 0 Å². The number of halogens is 3. The lowest BCUT2D eigenvalue weighted by molar-refractivity contribution is -0.0449. The predicted molar refractivity (Wildman–Crippen MR) is 32.9 cm³/mol. The highest BCUT2D eigenvalue weighted by molar-refractivity contribution is 7.90. The molecule has 0 heterocycles. The number of hydrogen-bond donors (Lipinski definition) is 1. The molecule has 0 saturated heterocycles. The fourth-order valence-corrected chi connectivity index (χ4v) is 0.995. The van der Waals surface area contributed by atoms with Gasteiger partial charge in [-0.05, 0) is 13.8 Å². The van der Waals surface area contributed by atoms with Gasteiger partial charge in [-0.15, -0.1) is 0 Å². The van der Waals surface area contributed by atoms with E-state index in [9.17, 15) is 21.6 Å². The van der Waals surface area contributed by atoms with Crippen LogP contribution in [-0.2, 0) is 10.0 Å². The number of alkyl halides is 3. The highest BCUT2D eigenvalue weighted by Crippen LogP contribution is 2.21. The third-order valence-electron chi connectivity index (χ3n) is 0.661. The Morgan fingerprint density at radius 3 is 1.91 bits per heavy atom. The first-order chi connectivity index (χ1) is 4.67. The topological polar surface area (TPSA) is 46.2 Å². The standard InChI is InChI=1S/C4H7F3NO2S/c1-3(2)8-11(9,10)4(5,6)7/h3,8H,1H2,2H3. The molecule has 3 nitrogen and oxygen atoms in total. The van der Waals surface area contributed by atoms with Crippen LogP contribution < -0.4 is 4.72 Å². The summed E-state index contributed by atoms with van der Waals surface area (Å²) in [6.45, 7) is 4.24. The first-order valence-electron chi connectivity index (χ1n) is 2.58. The number of hydrogen-bond acceptors (Lipinski definition) is 2. The minimum absolute atomic E-state index is 0.998. The molecule has 0 rings (SSSR count). The van der Waals surface area contributed by atoms with Gasteiger partial charge in [0.1, 0.15) is 0 Å². The molecule has 0 saturated carbocycles. The zero-order valence-corrected chi connectivity index (χ0v) is 6.46. The van der Waals surface area contributed by atoms with Crippen LogP contribution in [0.2, 0.25) is 0 Å². The Bertz CT molecular complexity index is 218. The lowest BCUT2D eigenvalue weighted by atomic mass is 10.4. The number of nitrogens with one attached hydrogen (secondary N) is 1. The van der Waals surface area contributed by atoms with Gasteiger partial charge in [-0.25, -0.2) is 13.1 Å². The smallest absolute Gasteiger partial charge is 0.205 e. The quantitative estimate of drug-likeness (QED) is 0.694. The zero-order chi connectivity index (χ0) is 9.28. The van der Waals surface area contributed by atoms with Gasteiger partial charge in [0, 0.05) is 6.04 Å². The van der Waals surface area contributed by atoms with Crippen molar-refractivity contribution in [2.24, 2.45) is 0 Å². The normalized spacial score (nSPS) is 14.0. The van der Waals surface area contributed by atoms with Crippen molar-refractivity contribution in [3.63, 3.8) is 0 Å². The van der Waals surface area contributed by atoms with Gasteiger partial charge in [0.2, 0.25) is 0 Å². The minimum atomic E-state index is -5.25. The van der Waals surface area contributed by atoms with Crippen molar-refractivity contribution in [2.45, 2.75) is 18.5 Å². The van der Waals surface area contributed by atoms with Gasteiger partial charge >= 0.3 is 15.5 Å². The third-order valence-corrected chi connectivity index (χ3v) is 1.98. The van der Waals surface area contributed by atoms with E-state index >= 15 is 0 Å². The molecular weight excluding hydrogens is 183 g/mol. The highest BCUT2D eigenvalue weighted by atomic mass is 32.2. The summed E-state index contributed by atoms with van der Waals surface area (Å²) in [6.07, 6.45) is 0. The van der Waals surface area contributed by atoms with E-state index in [1.165, 1.54) is 11.6 Å². The second-order valence-corrected chi connectivity index (χ2v) is 3.67. The van der Waals surface area contributed by atoms with E-state index in [-0.39, 0.29) is 0 Å². The van der Waals surface area contributed by atoms with Crippen LogP contribution in [0.3, 0.4) is 0 Å². The molecule has 1 unspecified atom stereocenters. The number of sulfonamides is 1. The summed E-state index contributed by atoms with van der Waals surface area (Å²) in [5.41, 5.74) is -5.25. The monoisotopic (exact) mass is 190 g/mol. The second-order valence-electron chi connectivity index (χ2n) is 1.97. The van der Waals surface area contributed by atoms with E-state index in [2.05, 4.69) is 6.92 Å². The van der Waals surface area contributed by atoms with E-state index in [1.807, 2.05) is 0 Å². The van der Waals surface area contributed by atoms with Crippen molar-refractivity contribution in [2.75, 3.05) is 0 Å². The molecule has 0 bridgehead atoms. The summed E-state index contributed by atoms with van der Waals surface area (Å²) in [7, 11) is -5.21. The van der Waals surface area contributed by atoms with Crippen molar-refractivity contribution in [1.82, 2.24) is 4.72 Å². The van der Waals surface area contributed by atoms with Crippen LogP contribution in [0.1, 0.15) is 6.92 Å². The Kier molecular flexibility index (Phi) is 2.90. The number of rotatable bonds is 2. The molecule has 0 aliphatic rings. The molecule has 0 aliphatic heterocycles. The second kappa shape index (κ2) is 2.98. The lowest BCUT2D eigenvalue weighted by Crippen LogP contribution is -2.40. The first kappa shape index (κ1) is 10.7. The van der Waals surface area contributed by atoms with Crippen LogP contribution in [0.5, 0.6) is 0 Å². The molecule has 0 fully saturated rings. The maximum absolute atomic E-state index is 11.5. The van der Waals surface area contributed by atoms with E-state index in [4.69, 9.17) is 0 Å². The Morgan fingerprint density at radius 1 is 1.45 bits per heavy atom. The molecule has 1 N–H and O–H groups in total. The van der Waals surface area contributed by atoms with E-state index < -0.39 is 21.6 Å². The van der Waals surface area contributed by atoms with Crippen molar-refractivity contribution in [1.29, 1.82) is 0 Å². The summed E-state index contributed by atoms with van der Waals surface area (Å²) in [5.74, 6) is 0. The van der Waals surface area contributed by atoms with Crippen LogP contribution in [0.15, 0.2) is 0 Å². The molecule has 1 atom stereocenters. The van der Waals surface area contributed by atoms with Crippen LogP contribution in [0.4, 0.5) is 13.2 Å². The van der Waals surface area contributed by atoms with Gasteiger partial charge in [0.05, 0.1) is 0 Å². The molecule has 11 heavy (non-hydrogen) atoms. The highest BCUT2D eigenvalue weighted by Gasteiger charge is 2.45. The summed E-state index contributed by atoms with van der Waals surface area (Å²) in [4.78, 5) is 0. The van der Waals surface area contributed by atoms with Gasteiger partial charge in [-0.3, -0.25) is 0 Å². The van der Waals surface area contributed by atoms with Crippen LogP contribution in [0.25, 0.3) is 0 Å². The maximum Gasteiger partial charge on any atom is 0.511 e. The van der Waals surface area contributed by atoms with Gasteiger partial charge in [0.15, 0.2) is 0 Å². The Morgan fingerprint density at radius 2 is 1.82 bits per heavy atom. The Labute approximate surface area is 62.6 Å². The molecule has 1 radical (unpaired) electrons. The fourth-order valence-electron chi connectivity index (χ4n) is 0.332. The van der Waals surface area contributed by atoms with E-state index in [0.29, 0.717) is 0 Å². The summed E-state index contributed by atoms with van der Waals surface area (Å²) < 4.78 is 56.2. The predicted octanol–water partition coefficient (Wildman–Crippen LogP) is 0.648. The first-order valence-corrected chi connectivity index (χ1v) is 4.07. The average molecular weight is 190 g/mol. The van der Waals surface area contributed by atoms with Crippen LogP contribution >= 0.6 is 0 Å². The average Bonchev–Trinajstić information content (AvgIpc) is 1.56. The van der Waals surface area contributed by atoms with Crippen molar-refractivity contribution >= 4 is 10.0 Å². The van der Waals surface area contributed by atoms with Gasteiger partial charge in [-0.1, -0.05) is 0 Å². The fraction of sp³-hybridized carbons (Fsp3) is 0.750. The zero-order valence-electron chi connectivity index (χ0n) is 5.64. The van der Waals surface area contributed by atoms with Gasteiger partial charge in [-0.2, -0.15) is 13.2 Å². The van der Waals surface area contributed by atoms with Gasteiger partial charge < -0.3 is 0 Å². The van der Waals surface area contributed by atoms with Crippen molar-refractivity contribution in [3.05, 3.63) is 6.92 Å². The minimum Gasteiger partial charge on any atom is -0.205 e. The molecule has 0 aliphatic carbocycles. The van der Waals surface area contributed by atoms with Crippen molar-refractivity contribution < 1.29 is 21.6 Å². The van der Waals surface area contributed by atoms with Crippen molar-refractivity contribution in [3.8, 4) is 0 Å². The molecule has 0 spiro atoms. The molecule has 0 amide bonds. The van der Waals surface area contributed by atoms with Crippen LogP contribution in [-0.4, -0.2) is 20.0 Å². The van der Waals surface area contributed by atoms with Gasteiger partial charge in [0.25, 0.3) is 0 Å². The van der Waals surface area contributed by atoms with E-state index in [1.54, 1.807) is 0 Å². The molecular formula is C4H7F3NO2S. The van der Waals surface area contributed by atoms with Crippen LogP contribution in [0, 0.1) is 6.92 Å². The Hall–Kier alpha value is -0.300. The third kappa shape index (κ3) is 3.06. The largest absolute Gasteiger partial charge is 0.511 e. The lowest BCUT2D eigenvalue weighted by Gasteiger charge is -2.10. The summed E-state index contributed by atoms with van der Waals surface area (Å²) in [5, 5.41) is 0. The molecule has 0 aromatic rings. The molecule has 0 aromatic carbocycles. The molecule has 67 valence electrons. The molecule has 7 heteroatoms. The maximum atomic E-state index is 11.5. The SMILES string of the molecule is [CH2]C(C)NS(=O)(=O)C(F)(F)F. The summed E-state index contributed by atoms with van der Waals surface area (Å²) in [6, 6.07) is -0.998.